The molecule has 3 rings (SSSR count). The maximum Gasteiger partial charge on any atom is 0.100 e. The van der Waals surface area contributed by atoms with Gasteiger partial charge in [-0.25, -0.2) is 4.98 Å². The molecule has 0 aliphatic heterocycles. The van der Waals surface area contributed by atoms with Gasteiger partial charge in [-0.05, 0) is 36.2 Å². The summed E-state index contributed by atoms with van der Waals surface area (Å²) in [5, 5.41) is 9.94. The van der Waals surface area contributed by atoms with Crippen LogP contribution in [0.1, 0.15) is 5.56 Å². The van der Waals surface area contributed by atoms with Crippen LogP contribution in [-0.4, -0.2) is 21.3 Å². The topological polar surface area (TPSA) is 38.0 Å². The average Bonchev–Trinajstić information content (AvgIpc) is 2.83. The standard InChI is InChI=1S/C15H12Cl2N2O/c16-12-7-14-15(8-13(12)17)19(9-18-14)11-3-1-10(2-4-11)5-6-20/h1-4,7-9,20H,5-6H2. The number of imidazole rings is 1. The maximum atomic E-state index is 8.93. The van der Waals surface area contributed by atoms with Crippen molar-refractivity contribution >= 4 is 34.2 Å². The second-order valence-corrected chi connectivity index (χ2v) is 5.32. The van der Waals surface area contributed by atoms with Crippen LogP contribution < -0.4 is 0 Å². The molecule has 3 aromatic rings. The van der Waals surface area contributed by atoms with E-state index in [1.807, 2.05) is 34.9 Å². The molecule has 0 atom stereocenters. The SMILES string of the molecule is OCCc1ccc(-n2cnc3cc(Cl)c(Cl)cc32)cc1. The number of hydrogen-bond donors (Lipinski definition) is 1. The number of fused-ring (bicyclic) bond motifs is 1. The lowest BCUT2D eigenvalue weighted by molar-refractivity contribution is 0.299. The van der Waals surface area contributed by atoms with Gasteiger partial charge in [0.15, 0.2) is 0 Å². The van der Waals surface area contributed by atoms with E-state index < -0.39 is 0 Å². The van der Waals surface area contributed by atoms with Crippen molar-refractivity contribution < 1.29 is 5.11 Å². The first kappa shape index (κ1) is 13.4. The number of benzene rings is 2. The Hall–Kier alpha value is -1.55. The number of rotatable bonds is 3. The minimum absolute atomic E-state index is 0.154. The fraction of sp³-hybridized carbons (Fsp3) is 0.133. The fourth-order valence-corrected chi connectivity index (χ4v) is 2.48. The number of aliphatic hydroxyl groups excluding tert-OH is 1. The Labute approximate surface area is 126 Å². The molecule has 102 valence electrons. The summed E-state index contributed by atoms with van der Waals surface area (Å²) >= 11 is 12.1. The number of hydrogen-bond acceptors (Lipinski definition) is 2. The van der Waals surface area contributed by atoms with E-state index in [1.54, 1.807) is 12.4 Å². The minimum Gasteiger partial charge on any atom is -0.396 e. The van der Waals surface area contributed by atoms with Crippen molar-refractivity contribution in [3.63, 3.8) is 0 Å². The van der Waals surface area contributed by atoms with Crippen molar-refractivity contribution in [1.29, 1.82) is 0 Å². The summed E-state index contributed by atoms with van der Waals surface area (Å²) in [4.78, 5) is 4.34. The Morgan fingerprint density at radius 2 is 1.75 bits per heavy atom. The first-order valence-corrected chi connectivity index (χ1v) is 6.97. The zero-order valence-electron chi connectivity index (χ0n) is 10.6. The Morgan fingerprint density at radius 3 is 2.45 bits per heavy atom. The van der Waals surface area contributed by atoms with Crippen molar-refractivity contribution in [2.45, 2.75) is 6.42 Å². The maximum absolute atomic E-state index is 8.93. The van der Waals surface area contributed by atoms with E-state index in [4.69, 9.17) is 28.3 Å². The van der Waals surface area contributed by atoms with Crippen molar-refractivity contribution in [1.82, 2.24) is 9.55 Å². The van der Waals surface area contributed by atoms with Gasteiger partial charge < -0.3 is 5.11 Å². The second-order valence-electron chi connectivity index (χ2n) is 4.51. The monoisotopic (exact) mass is 306 g/mol. The van der Waals surface area contributed by atoms with E-state index in [2.05, 4.69) is 4.98 Å². The van der Waals surface area contributed by atoms with Gasteiger partial charge in [0.1, 0.15) is 6.33 Å². The van der Waals surface area contributed by atoms with Gasteiger partial charge in [0.05, 0.1) is 21.1 Å². The van der Waals surface area contributed by atoms with Crippen LogP contribution in [0.25, 0.3) is 16.7 Å². The summed E-state index contributed by atoms with van der Waals surface area (Å²) in [5.41, 5.74) is 3.81. The Kier molecular flexibility index (Phi) is 3.66. The van der Waals surface area contributed by atoms with E-state index in [0.29, 0.717) is 16.5 Å². The predicted octanol–water partition coefficient (Wildman–Crippen LogP) is 3.87. The van der Waals surface area contributed by atoms with Crippen molar-refractivity contribution in [2.24, 2.45) is 0 Å². The third-order valence-corrected chi connectivity index (χ3v) is 3.93. The quantitative estimate of drug-likeness (QED) is 0.797. The van der Waals surface area contributed by atoms with Crippen LogP contribution in [0.15, 0.2) is 42.7 Å². The zero-order valence-corrected chi connectivity index (χ0v) is 12.1. The van der Waals surface area contributed by atoms with Crippen LogP contribution in [0, 0.1) is 0 Å². The Morgan fingerprint density at radius 1 is 1.05 bits per heavy atom. The molecule has 3 nitrogen and oxygen atoms in total. The van der Waals surface area contributed by atoms with Crippen molar-refractivity contribution in [3.05, 3.63) is 58.3 Å². The van der Waals surface area contributed by atoms with Gasteiger partial charge in [-0.3, -0.25) is 4.57 Å². The summed E-state index contributed by atoms with van der Waals surface area (Å²) in [5.74, 6) is 0. The molecule has 2 aromatic carbocycles. The number of halogens is 2. The number of nitrogens with zero attached hydrogens (tertiary/aromatic N) is 2. The molecule has 0 saturated carbocycles. The summed E-state index contributed by atoms with van der Waals surface area (Å²) in [7, 11) is 0. The molecule has 1 N–H and O–H groups in total. The highest BCUT2D eigenvalue weighted by Crippen LogP contribution is 2.28. The Bertz CT molecular complexity index is 750. The van der Waals surface area contributed by atoms with Crippen molar-refractivity contribution in [3.8, 4) is 5.69 Å². The molecule has 5 heteroatoms. The van der Waals surface area contributed by atoms with Crippen LogP contribution in [0.4, 0.5) is 0 Å². The highest BCUT2D eigenvalue weighted by molar-refractivity contribution is 6.42. The summed E-state index contributed by atoms with van der Waals surface area (Å²) in [6.45, 7) is 0.154. The summed E-state index contributed by atoms with van der Waals surface area (Å²) < 4.78 is 1.96. The van der Waals surface area contributed by atoms with Gasteiger partial charge in [-0.15, -0.1) is 0 Å². The van der Waals surface area contributed by atoms with E-state index in [9.17, 15) is 0 Å². The van der Waals surface area contributed by atoms with Crippen LogP contribution in [0.3, 0.4) is 0 Å². The average molecular weight is 307 g/mol. The van der Waals surface area contributed by atoms with Crippen molar-refractivity contribution in [2.75, 3.05) is 6.61 Å². The lowest BCUT2D eigenvalue weighted by atomic mass is 10.1. The van der Waals surface area contributed by atoms with Gasteiger partial charge in [-0.2, -0.15) is 0 Å². The normalized spacial score (nSPS) is 11.2. The number of aliphatic hydroxyl groups is 1. The number of aromatic nitrogens is 2. The molecule has 0 aliphatic rings. The molecular formula is C15H12Cl2N2O. The molecule has 20 heavy (non-hydrogen) atoms. The van der Waals surface area contributed by atoms with E-state index in [-0.39, 0.29) is 6.61 Å². The fourth-order valence-electron chi connectivity index (χ4n) is 2.16. The third kappa shape index (κ3) is 2.40. The first-order chi connectivity index (χ1) is 9.69. The largest absolute Gasteiger partial charge is 0.396 e. The molecule has 0 radical (unpaired) electrons. The van der Waals surface area contributed by atoms with Crippen LogP contribution in [0.5, 0.6) is 0 Å². The third-order valence-electron chi connectivity index (χ3n) is 3.20. The molecule has 0 unspecified atom stereocenters. The Balaban J connectivity index is 2.07. The molecule has 0 bridgehead atoms. The van der Waals surface area contributed by atoms with Gasteiger partial charge in [-0.1, -0.05) is 35.3 Å². The van der Waals surface area contributed by atoms with Gasteiger partial charge in [0.2, 0.25) is 0 Å². The molecular weight excluding hydrogens is 295 g/mol. The van der Waals surface area contributed by atoms with Gasteiger partial charge in [0, 0.05) is 12.3 Å². The second kappa shape index (κ2) is 5.44. The van der Waals surface area contributed by atoms with E-state index in [0.717, 1.165) is 22.3 Å². The molecule has 0 spiro atoms. The smallest absolute Gasteiger partial charge is 0.100 e. The molecule has 0 fully saturated rings. The molecule has 0 amide bonds. The van der Waals surface area contributed by atoms with E-state index >= 15 is 0 Å². The van der Waals surface area contributed by atoms with Gasteiger partial charge >= 0.3 is 0 Å². The molecule has 1 aromatic heterocycles. The first-order valence-electron chi connectivity index (χ1n) is 6.21. The predicted molar refractivity (Wildman–Crippen MR) is 81.9 cm³/mol. The van der Waals surface area contributed by atoms with Gasteiger partial charge in [0.25, 0.3) is 0 Å². The van der Waals surface area contributed by atoms with E-state index in [1.165, 1.54) is 0 Å². The van der Waals surface area contributed by atoms with Crippen LogP contribution in [0.2, 0.25) is 10.0 Å². The zero-order chi connectivity index (χ0) is 14.1. The lowest BCUT2D eigenvalue weighted by Crippen LogP contribution is -1.94. The minimum atomic E-state index is 0.154. The lowest BCUT2D eigenvalue weighted by Gasteiger charge is -2.06. The van der Waals surface area contributed by atoms with Crippen LogP contribution in [-0.2, 0) is 6.42 Å². The highest BCUT2D eigenvalue weighted by atomic mass is 35.5. The van der Waals surface area contributed by atoms with Crippen LogP contribution >= 0.6 is 23.2 Å². The molecule has 0 aliphatic carbocycles. The summed E-state index contributed by atoms with van der Waals surface area (Å²) in [6.07, 6.45) is 2.41. The molecule has 1 heterocycles. The highest BCUT2D eigenvalue weighted by Gasteiger charge is 2.08. The molecule has 0 saturated heterocycles. The summed E-state index contributed by atoms with van der Waals surface area (Å²) in [6, 6.07) is 11.6.